The van der Waals surface area contributed by atoms with Gasteiger partial charge in [0.1, 0.15) is 5.75 Å². The molecule has 0 aliphatic carbocycles. The van der Waals surface area contributed by atoms with Crippen LogP contribution in [0, 0.1) is 0 Å². The lowest BCUT2D eigenvalue weighted by atomic mass is 10.3. The Hall–Kier alpha value is -1.47. The molecular formula is C9H10ClNO5S. The van der Waals surface area contributed by atoms with Crippen molar-refractivity contribution in [2.45, 2.75) is 0 Å². The number of esters is 1. The molecule has 0 aliphatic heterocycles. The van der Waals surface area contributed by atoms with E-state index in [9.17, 15) is 13.2 Å². The molecule has 1 rings (SSSR count). The maximum absolute atomic E-state index is 11.4. The number of carbonyl (C=O) groups is 1. The van der Waals surface area contributed by atoms with Crippen LogP contribution in [0.5, 0.6) is 5.75 Å². The number of anilines is 1. The smallest absolute Gasteiger partial charge is 0.322 e. The normalized spacial score (nSPS) is 10.9. The SMILES string of the molecule is COC(=O)CS(=O)(=O)Nc1ccc(O)c(Cl)c1. The minimum atomic E-state index is -3.84. The molecule has 2 N–H and O–H groups in total. The van der Waals surface area contributed by atoms with Crippen molar-refractivity contribution in [1.29, 1.82) is 0 Å². The summed E-state index contributed by atoms with van der Waals surface area (Å²) >= 11 is 5.60. The molecule has 94 valence electrons. The Bertz CT molecular complexity index is 528. The van der Waals surface area contributed by atoms with Crippen molar-refractivity contribution in [3.8, 4) is 5.75 Å². The van der Waals surface area contributed by atoms with Crippen molar-refractivity contribution in [2.24, 2.45) is 0 Å². The van der Waals surface area contributed by atoms with Crippen LogP contribution in [0.4, 0.5) is 5.69 Å². The minimum absolute atomic E-state index is 0.00303. The summed E-state index contributed by atoms with van der Waals surface area (Å²) in [6, 6.07) is 3.78. The fourth-order valence-electron chi connectivity index (χ4n) is 1.00. The number of ether oxygens (including phenoxy) is 1. The number of carbonyl (C=O) groups excluding carboxylic acids is 1. The monoisotopic (exact) mass is 279 g/mol. The van der Waals surface area contributed by atoms with E-state index in [0.29, 0.717) is 0 Å². The van der Waals surface area contributed by atoms with E-state index in [-0.39, 0.29) is 16.5 Å². The maximum atomic E-state index is 11.4. The number of phenols is 1. The predicted octanol–water partition coefficient (Wildman–Crippen LogP) is 0.960. The zero-order valence-corrected chi connectivity index (χ0v) is 10.4. The summed E-state index contributed by atoms with van der Waals surface area (Å²) in [6.45, 7) is 0. The highest BCUT2D eigenvalue weighted by Crippen LogP contribution is 2.26. The van der Waals surface area contributed by atoms with E-state index in [1.54, 1.807) is 0 Å². The number of benzene rings is 1. The largest absolute Gasteiger partial charge is 0.506 e. The lowest BCUT2D eigenvalue weighted by Gasteiger charge is -2.07. The summed E-state index contributed by atoms with van der Waals surface area (Å²) in [5.41, 5.74) is 0.150. The van der Waals surface area contributed by atoms with Crippen LogP contribution in [0.25, 0.3) is 0 Å². The van der Waals surface area contributed by atoms with E-state index >= 15 is 0 Å². The maximum Gasteiger partial charge on any atom is 0.322 e. The van der Waals surface area contributed by atoms with Gasteiger partial charge in [-0.3, -0.25) is 9.52 Å². The topological polar surface area (TPSA) is 92.7 Å². The third-order valence-electron chi connectivity index (χ3n) is 1.76. The molecule has 0 saturated heterocycles. The van der Waals surface area contributed by atoms with E-state index in [1.165, 1.54) is 18.2 Å². The van der Waals surface area contributed by atoms with Crippen LogP contribution in [0.3, 0.4) is 0 Å². The number of sulfonamides is 1. The van der Waals surface area contributed by atoms with Crippen molar-refractivity contribution >= 4 is 33.3 Å². The van der Waals surface area contributed by atoms with Crippen LogP contribution >= 0.6 is 11.6 Å². The Morgan fingerprint density at radius 1 is 1.53 bits per heavy atom. The van der Waals surface area contributed by atoms with Crippen LogP contribution in [-0.2, 0) is 19.6 Å². The first-order chi connectivity index (χ1) is 7.84. The number of hydrogen-bond acceptors (Lipinski definition) is 5. The number of aromatic hydroxyl groups is 1. The first-order valence-corrected chi connectivity index (χ1v) is 6.43. The zero-order valence-electron chi connectivity index (χ0n) is 8.81. The number of phenolic OH excluding ortho intramolecular Hbond substituents is 1. The van der Waals surface area contributed by atoms with Crippen molar-refractivity contribution in [3.05, 3.63) is 23.2 Å². The van der Waals surface area contributed by atoms with Gasteiger partial charge in [-0.15, -0.1) is 0 Å². The van der Waals surface area contributed by atoms with E-state index in [2.05, 4.69) is 9.46 Å². The van der Waals surface area contributed by atoms with Gasteiger partial charge >= 0.3 is 5.97 Å². The van der Waals surface area contributed by atoms with E-state index < -0.39 is 21.7 Å². The number of methoxy groups -OCH3 is 1. The third kappa shape index (κ3) is 4.12. The Balaban J connectivity index is 2.83. The molecule has 1 aromatic carbocycles. The summed E-state index contributed by atoms with van der Waals surface area (Å²) in [7, 11) is -2.75. The predicted molar refractivity (Wildman–Crippen MR) is 62.5 cm³/mol. The number of nitrogens with one attached hydrogen (secondary N) is 1. The molecule has 0 spiro atoms. The lowest BCUT2D eigenvalue weighted by Crippen LogP contribution is -2.23. The summed E-state index contributed by atoms with van der Waals surface area (Å²) in [4.78, 5) is 10.8. The van der Waals surface area contributed by atoms with E-state index in [0.717, 1.165) is 7.11 Å². The van der Waals surface area contributed by atoms with Gasteiger partial charge < -0.3 is 9.84 Å². The number of hydrogen-bond donors (Lipinski definition) is 2. The fraction of sp³-hybridized carbons (Fsp3) is 0.222. The van der Waals surface area contributed by atoms with E-state index in [1.807, 2.05) is 0 Å². The van der Waals surface area contributed by atoms with Crippen molar-refractivity contribution < 1.29 is 23.1 Å². The molecule has 0 radical (unpaired) electrons. The van der Waals surface area contributed by atoms with Gasteiger partial charge in [0.25, 0.3) is 0 Å². The Labute approximate surface area is 103 Å². The van der Waals surface area contributed by atoms with Gasteiger partial charge in [0.05, 0.1) is 17.8 Å². The molecule has 1 aromatic rings. The highest BCUT2D eigenvalue weighted by molar-refractivity contribution is 7.93. The van der Waals surface area contributed by atoms with Gasteiger partial charge in [-0.05, 0) is 18.2 Å². The molecule has 0 saturated carbocycles. The molecule has 0 unspecified atom stereocenters. The molecule has 17 heavy (non-hydrogen) atoms. The van der Waals surface area contributed by atoms with Gasteiger partial charge in [-0.2, -0.15) is 0 Å². The van der Waals surface area contributed by atoms with Gasteiger partial charge in [0.2, 0.25) is 10.0 Å². The quantitative estimate of drug-likeness (QED) is 0.632. The van der Waals surface area contributed by atoms with Crippen LogP contribution < -0.4 is 4.72 Å². The van der Waals surface area contributed by atoms with Crippen LogP contribution in [-0.4, -0.2) is 32.4 Å². The van der Waals surface area contributed by atoms with Gasteiger partial charge in [0.15, 0.2) is 5.75 Å². The molecule has 0 fully saturated rings. The highest BCUT2D eigenvalue weighted by atomic mass is 35.5. The first-order valence-electron chi connectivity index (χ1n) is 4.40. The standard InChI is InChI=1S/C9H10ClNO5S/c1-16-9(13)5-17(14,15)11-6-2-3-8(12)7(10)4-6/h2-4,11-12H,5H2,1H3. The second kappa shape index (κ2) is 5.24. The molecule has 6 nitrogen and oxygen atoms in total. The number of rotatable bonds is 4. The summed E-state index contributed by atoms with van der Waals surface area (Å²) < 4.78 is 29.3. The summed E-state index contributed by atoms with van der Waals surface area (Å²) in [5.74, 6) is -1.83. The van der Waals surface area contributed by atoms with Gasteiger partial charge in [-0.1, -0.05) is 11.6 Å². The molecule has 0 aliphatic rings. The first kappa shape index (κ1) is 13.6. The molecule has 0 atom stereocenters. The van der Waals surface area contributed by atoms with Crippen molar-refractivity contribution in [3.63, 3.8) is 0 Å². The average molecular weight is 280 g/mol. The number of halogens is 1. The van der Waals surface area contributed by atoms with Gasteiger partial charge in [0, 0.05) is 0 Å². The molecule has 0 heterocycles. The molecule has 0 bridgehead atoms. The van der Waals surface area contributed by atoms with Crippen molar-refractivity contribution in [1.82, 2.24) is 0 Å². The Morgan fingerprint density at radius 2 is 2.18 bits per heavy atom. The van der Waals surface area contributed by atoms with E-state index in [4.69, 9.17) is 16.7 Å². The fourth-order valence-corrected chi connectivity index (χ4v) is 2.17. The van der Waals surface area contributed by atoms with Crippen LogP contribution in [0.2, 0.25) is 5.02 Å². The third-order valence-corrected chi connectivity index (χ3v) is 3.22. The second-order valence-electron chi connectivity index (χ2n) is 3.10. The zero-order chi connectivity index (χ0) is 13.1. The van der Waals surface area contributed by atoms with Crippen LogP contribution in [0.15, 0.2) is 18.2 Å². The Kier molecular flexibility index (Phi) is 4.19. The van der Waals surface area contributed by atoms with Crippen molar-refractivity contribution in [2.75, 3.05) is 17.6 Å². The highest BCUT2D eigenvalue weighted by Gasteiger charge is 2.17. The minimum Gasteiger partial charge on any atom is -0.506 e. The molecule has 8 heteroatoms. The van der Waals surface area contributed by atoms with Crippen LogP contribution in [0.1, 0.15) is 0 Å². The lowest BCUT2D eigenvalue weighted by molar-refractivity contribution is -0.137. The molecule has 0 aromatic heterocycles. The molecule has 0 amide bonds. The summed E-state index contributed by atoms with van der Waals surface area (Å²) in [6.07, 6.45) is 0. The average Bonchev–Trinajstić information content (AvgIpc) is 2.22. The second-order valence-corrected chi connectivity index (χ2v) is 5.23. The molecular weight excluding hydrogens is 270 g/mol. The summed E-state index contributed by atoms with van der Waals surface area (Å²) in [5, 5.41) is 9.15. The Morgan fingerprint density at radius 3 is 2.71 bits per heavy atom. The van der Waals surface area contributed by atoms with Gasteiger partial charge in [-0.25, -0.2) is 8.42 Å².